The zero-order valence-corrected chi connectivity index (χ0v) is 10.9. The van der Waals surface area contributed by atoms with Gasteiger partial charge in [-0.25, -0.2) is 8.42 Å². The summed E-state index contributed by atoms with van der Waals surface area (Å²) in [6.45, 7) is -0.817. The molecule has 6 nitrogen and oxygen atoms in total. The van der Waals surface area contributed by atoms with E-state index in [1.54, 1.807) is 6.07 Å². The second kappa shape index (κ2) is 5.58. The number of carboxylic acids is 1. The first-order valence-corrected chi connectivity index (χ1v) is 6.76. The third-order valence-electron chi connectivity index (χ3n) is 1.88. The van der Waals surface area contributed by atoms with Crippen LogP contribution in [0, 0.1) is 0 Å². The molecule has 0 radical (unpaired) electrons. The van der Waals surface area contributed by atoms with Crippen molar-refractivity contribution in [2.24, 2.45) is 0 Å². The Morgan fingerprint density at radius 3 is 2.59 bits per heavy atom. The second-order valence-corrected chi connectivity index (χ2v) is 5.78. The Kier molecular flexibility index (Phi) is 4.63. The van der Waals surface area contributed by atoms with E-state index in [-0.39, 0.29) is 4.90 Å². The maximum Gasteiger partial charge on any atom is 0.324 e. The molecule has 0 fully saturated rings. The number of hydrogen-bond donors (Lipinski definition) is 3. The lowest BCUT2D eigenvalue weighted by Gasteiger charge is -2.12. The van der Waals surface area contributed by atoms with Crippen molar-refractivity contribution in [3.63, 3.8) is 0 Å². The van der Waals surface area contributed by atoms with E-state index in [4.69, 9.17) is 10.2 Å². The molecule has 1 rings (SSSR count). The van der Waals surface area contributed by atoms with Gasteiger partial charge in [0.15, 0.2) is 0 Å². The van der Waals surface area contributed by atoms with Crippen molar-refractivity contribution in [1.29, 1.82) is 0 Å². The van der Waals surface area contributed by atoms with Gasteiger partial charge in [-0.05, 0) is 18.2 Å². The molecule has 0 aliphatic rings. The van der Waals surface area contributed by atoms with Crippen LogP contribution in [0.2, 0.25) is 0 Å². The number of carboxylic acid groups (broad SMARTS) is 1. The number of carbonyl (C=O) groups is 1. The number of aliphatic hydroxyl groups excluding tert-OH is 1. The molecule has 17 heavy (non-hydrogen) atoms. The van der Waals surface area contributed by atoms with Crippen LogP contribution in [0.5, 0.6) is 0 Å². The fourth-order valence-corrected chi connectivity index (χ4v) is 2.83. The van der Waals surface area contributed by atoms with Gasteiger partial charge < -0.3 is 10.2 Å². The van der Waals surface area contributed by atoms with E-state index in [2.05, 4.69) is 15.9 Å². The standard InChI is InChI=1S/C9H10BrNO5S/c10-6-2-1-3-7(4-6)17(15,16)11-8(5-12)9(13)14/h1-4,8,11-12H,5H2,(H,13,14)/t8-/m0/s1. The molecule has 0 heterocycles. The fourth-order valence-electron chi connectivity index (χ4n) is 1.06. The number of halogens is 1. The molecule has 3 N–H and O–H groups in total. The lowest BCUT2D eigenvalue weighted by Crippen LogP contribution is -2.43. The van der Waals surface area contributed by atoms with E-state index in [0.717, 1.165) is 0 Å². The summed E-state index contributed by atoms with van der Waals surface area (Å²) in [4.78, 5) is 10.5. The van der Waals surface area contributed by atoms with Gasteiger partial charge >= 0.3 is 5.97 Å². The molecule has 0 saturated carbocycles. The Morgan fingerprint density at radius 2 is 2.12 bits per heavy atom. The van der Waals surface area contributed by atoms with Crippen molar-refractivity contribution in [1.82, 2.24) is 4.72 Å². The second-order valence-electron chi connectivity index (χ2n) is 3.15. The molecule has 0 saturated heterocycles. The zero-order chi connectivity index (χ0) is 13.1. The maximum atomic E-state index is 11.8. The molecule has 8 heteroatoms. The first-order valence-electron chi connectivity index (χ1n) is 4.48. The van der Waals surface area contributed by atoms with Crippen LogP contribution >= 0.6 is 15.9 Å². The highest BCUT2D eigenvalue weighted by atomic mass is 79.9. The maximum absolute atomic E-state index is 11.8. The number of sulfonamides is 1. The SMILES string of the molecule is O=C(O)[C@H](CO)NS(=O)(=O)c1cccc(Br)c1. The Hall–Kier alpha value is -0.960. The monoisotopic (exact) mass is 323 g/mol. The van der Waals surface area contributed by atoms with Crippen LogP contribution in [0.25, 0.3) is 0 Å². The minimum absolute atomic E-state index is 0.0772. The van der Waals surface area contributed by atoms with Crippen LogP contribution < -0.4 is 4.72 Å². The summed E-state index contributed by atoms with van der Waals surface area (Å²) >= 11 is 3.11. The number of benzene rings is 1. The molecular weight excluding hydrogens is 314 g/mol. The number of hydrogen-bond acceptors (Lipinski definition) is 4. The Morgan fingerprint density at radius 1 is 1.47 bits per heavy atom. The van der Waals surface area contributed by atoms with Crippen molar-refractivity contribution >= 4 is 31.9 Å². The largest absolute Gasteiger partial charge is 0.480 e. The number of rotatable bonds is 5. The van der Waals surface area contributed by atoms with E-state index in [0.29, 0.717) is 4.47 Å². The predicted molar refractivity (Wildman–Crippen MR) is 63.0 cm³/mol. The summed E-state index contributed by atoms with van der Waals surface area (Å²) in [5.41, 5.74) is 0. The third kappa shape index (κ3) is 3.77. The summed E-state index contributed by atoms with van der Waals surface area (Å²) in [6, 6.07) is 4.24. The lowest BCUT2D eigenvalue weighted by molar-refractivity contribution is -0.139. The van der Waals surface area contributed by atoms with Crippen molar-refractivity contribution in [3.05, 3.63) is 28.7 Å². The summed E-state index contributed by atoms with van der Waals surface area (Å²) < 4.78 is 25.9. The lowest BCUT2D eigenvalue weighted by atomic mass is 10.3. The summed E-state index contributed by atoms with van der Waals surface area (Å²) in [7, 11) is -3.96. The van der Waals surface area contributed by atoms with Crippen molar-refractivity contribution in [2.75, 3.05) is 6.61 Å². The molecule has 0 bridgehead atoms. The van der Waals surface area contributed by atoms with Gasteiger partial charge in [-0.15, -0.1) is 0 Å². The molecule has 0 unspecified atom stereocenters. The third-order valence-corrected chi connectivity index (χ3v) is 3.85. The Labute approximate surface area is 106 Å². The van der Waals surface area contributed by atoms with E-state index >= 15 is 0 Å². The number of aliphatic carboxylic acids is 1. The van der Waals surface area contributed by atoms with E-state index < -0.39 is 28.6 Å². The van der Waals surface area contributed by atoms with Gasteiger partial charge in [0.1, 0.15) is 6.04 Å². The van der Waals surface area contributed by atoms with Gasteiger partial charge in [-0.3, -0.25) is 4.79 Å². The summed E-state index contributed by atoms with van der Waals surface area (Å²) in [5, 5.41) is 17.4. The van der Waals surface area contributed by atoms with E-state index in [1.165, 1.54) is 18.2 Å². The van der Waals surface area contributed by atoms with Crippen molar-refractivity contribution in [2.45, 2.75) is 10.9 Å². The summed E-state index contributed by atoms with van der Waals surface area (Å²) in [5.74, 6) is -1.44. The first kappa shape index (κ1) is 14.1. The van der Waals surface area contributed by atoms with Gasteiger partial charge in [0, 0.05) is 4.47 Å². The smallest absolute Gasteiger partial charge is 0.324 e. The normalized spacial score (nSPS) is 13.3. The molecule has 0 amide bonds. The topological polar surface area (TPSA) is 104 Å². The average Bonchev–Trinajstić information content (AvgIpc) is 2.25. The van der Waals surface area contributed by atoms with Crippen LogP contribution in [0.1, 0.15) is 0 Å². The minimum Gasteiger partial charge on any atom is -0.480 e. The average molecular weight is 324 g/mol. The van der Waals surface area contributed by atoms with E-state index in [1.807, 2.05) is 4.72 Å². The van der Waals surface area contributed by atoms with Gasteiger partial charge in [-0.1, -0.05) is 22.0 Å². The van der Waals surface area contributed by atoms with Gasteiger partial charge in [0.25, 0.3) is 0 Å². The van der Waals surface area contributed by atoms with Gasteiger partial charge in [0.2, 0.25) is 10.0 Å². The number of nitrogens with one attached hydrogen (secondary N) is 1. The molecule has 0 aliphatic heterocycles. The van der Waals surface area contributed by atoms with Crippen LogP contribution in [0.15, 0.2) is 33.6 Å². The van der Waals surface area contributed by atoms with Crippen molar-refractivity contribution < 1.29 is 23.4 Å². The van der Waals surface area contributed by atoms with Gasteiger partial charge in [0.05, 0.1) is 11.5 Å². The minimum atomic E-state index is -3.96. The first-order chi connectivity index (χ1) is 7.86. The quantitative estimate of drug-likeness (QED) is 0.716. The molecule has 0 aliphatic carbocycles. The predicted octanol–water partition coefficient (Wildman–Crippen LogP) is 0.173. The molecule has 94 valence electrons. The molecule has 1 aromatic rings. The summed E-state index contributed by atoms with van der Waals surface area (Å²) in [6.07, 6.45) is 0. The number of aliphatic hydroxyl groups is 1. The fraction of sp³-hybridized carbons (Fsp3) is 0.222. The zero-order valence-electron chi connectivity index (χ0n) is 8.50. The highest BCUT2D eigenvalue weighted by Gasteiger charge is 2.24. The molecular formula is C9H10BrNO5S. The Balaban J connectivity index is 3.00. The molecule has 1 atom stereocenters. The van der Waals surface area contributed by atoms with Crippen LogP contribution in [-0.2, 0) is 14.8 Å². The molecule has 0 spiro atoms. The van der Waals surface area contributed by atoms with Crippen LogP contribution in [0.4, 0.5) is 0 Å². The highest BCUT2D eigenvalue weighted by Crippen LogP contribution is 2.16. The highest BCUT2D eigenvalue weighted by molar-refractivity contribution is 9.10. The van der Waals surface area contributed by atoms with Crippen LogP contribution in [0.3, 0.4) is 0 Å². The van der Waals surface area contributed by atoms with Gasteiger partial charge in [-0.2, -0.15) is 4.72 Å². The Bertz CT molecular complexity index is 516. The van der Waals surface area contributed by atoms with Crippen molar-refractivity contribution in [3.8, 4) is 0 Å². The van der Waals surface area contributed by atoms with E-state index in [9.17, 15) is 13.2 Å². The molecule has 0 aromatic heterocycles. The van der Waals surface area contributed by atoms with Crippen LogP contribution in [-0.4, -0.2) is 37.2 Å². The molecule has 1 aromatic carbocycles.